The van der Waals surface area contributed by atoms with Crippen LogP contribution in [-0.2, 0) is 0 Å². The van der Waals surface area contributed by atoms with E-state index in [9.17, 15) is 4.79 Å². The summed E-state index contributed by atoms with van der Waals surface area (Å²) in [6, 6.07) is 3.57. The van der Waals surface area contributed by atoms with E-state index >= 15 is 0 Å². The number of benzene rings is 1. The molecule has 1 aromatic carbocycles. The van der Waals surface area contributed by atoms with E-state index in [-0.39, 0.29) is 12.4 Å². The van der Waals surface area contributed by atoms with Crippen molar-refractivity contribution in [2.75, 3.05) is 55.9 Å². The number of rotatable bonds is 5. The summed E-state index contributed by atoms with van der Waals surface area (Å²) in [5.41, 5.74) is 6.87. The Bertz CT molecular complexity index is 1020. The normalized spacial score (nSPS) is 13.9. The van der Waals surface area contributed by atoms with Gasteiger partial charge in [0.25, 0.3) is 0 Å². The van der Waals surface area contributed by atoms with Crippen LogP contribution in [0.25, 0.3) is 10.9 Å². The molecule has 0 atom stereocenters. The number of halogens is 1. The predicted octanol–water partition coefficient (Wildman–Crippen LogP) is 1.64. The second-order valence-electron chi connectivity index (χ2n) is 6.19. The maximum atomic E-state index is 11.1. The maximum absolute atomic E-state index is 11.1. The quantitative estimate of drug-likeness (QED) is 0.589. The number of carbonyl (C=O) groups excluding carboxylic acids is 1. The summed E-state index contributed by atoms with van der Waals surface area (Å²) < 4.78 is 14.5. The van der Waals surface area contributed by atoms with E-state index < -0.39 is 0 Å². The minimum absolute atomic E-state index is 0. The molecule has 0 radical (unpaired) electrons. The first kappa shape index (κ1) is 20.8. The van der Waals surface area contributed by atoms with Crippen molar-refractivity contribution >= 4 is 58.7 Å². The number of methoxy groups -OCH3 is 2. The Morgan fingerprint density at radius 3 is 2.38 bits per heavy atom. The fourth-order valence-electron chi connectivity index (χ4n) is 3.21. The first-order chi connectivity index (χ1) is 13.6. The maximum Gasteiger partial charge on any atom is 0.228 e. The number of aldehydes is 1. The molecule has 3 heterocycles. The number of piperazine rings is 1. The van der Waals surface area contributed by atoms with Crippen LogP contribution in [0, 0.1) is 0 Å². The number of anilines is 3. The standard InChI is InChI=1S/C17H19N7O3S.ClH/c1-26-12-7-10-11(8-13(12)27-2)19-17(20-15(10)18)24-5-3-23(4-6-24)16-14(9-25)28-22-21-16;/h7-9H,3-6H2,1-2H3,(H2,18,19,20);1H. The zero-order valence-corrected chi connectivity index (χ0v) is 17.5. The molecule has 0 spiro atoms. The highest BCUT2D eigenvalue weighted by Gasteiger charge is 2.24. The molecule has 0 unspecified atom stereocenters. The molecule has 10 nitrogen and oxygen atoms in total. The van der Waals surface area contributed by atoms with Gasteiger partial charge < -0.3 is 25.0 Å². The average molecular weight is 438 g/mol. The molecular formula is C17H20ClN7O3S. The zero-order chi connectivity index (χ0) is 19.7. The largest absolute Gasteiger partial charge is 0.493 e. The lowest BCUT2D eigenvalue weighted by Gasteiger charge is -2.35. The minimum Gasteiger partial charge on any atom is -0.493 e. The molecule has 12 heteroatoms. The van der Waals surface area contributed by atoms with Gasteiger partial charge in [0.1, 0.15) is 10.7 Å². The molecule has 2 N–H and O–H groups in total. The molecule has 0 amide bonds. The number of nitrogen functional groups attached to an aromatic ring is 1. The van der Waals surface area contributed by atoms with E-state index in [0.29, 0.717) is 71.0 Å². The lowest BCUT2D eigenvalue weighted by atomic mass is 10.2. The first-order valence-corrected chi connectivity index (χ1v) is 9.38. The van der Waals surface area contributed by atoms with Gasteiger partial charge in [0.2, 0.25) is 5.95 Å². The summed E-state index contributed by atoms with van der Waals surface area (Å²) >= 11 is 1.10. The van der Waals surface area contributed by atoms with E-state index in [4.69, 9.17) is 15.2 Å². The van der Waals surface area contributed by atoms with Crippen LogP contribution < -0.4 is 25.0 Å². The van der Waals surface area contributed by atoms with Crippen molar-refractivity contribution in [2.45, 2.75) is 0 Å². The number of aromatic nitrogens is 4. The molecule has 1 aliphatic heterocycles. The third kappa shape index (κ3) is 3.83. The van der Waals surface area contributed by atoms with E-state index in [0.717, 1.165) is 17.8 Å². The van der Waals surface area contributed by atoms with Crippen LogP contribution in [0.2, 0.25) is 0 Å². The molecule has 2 aromatic heterocycles. The molecule has 0 saturated carbocycles. The summed E-state index contributed by atoms with van der Waals surface area (Å²) in [5, 5.41) is 4.78. The Hall–Kier alpha value is -2.92. The van der Waals surface area contributed by atoms with Gasteiger partial charge in [0.15, 0.2) is 23.6 Å². The Kier molecular flexibility index (Phi) is 6.18. The van der Waals surface area contributed by atoms with Crippen molar-refractivity contribution in [3.63, 3.8) is 0 Å². The molecule has 1 fully saturated rings. The van der Waals surface area contributed by atoms with Gasteiger partial charge >= 0.3 is 0 Å². The molecule has 154 valence electrons. The van der Waals surface area contributed by atoms with Gasteiger partial charge in [-0.15, -0.1) is 17.5 Å². The summed E-state index contributed by atoms with van der Waals surface area (Å²) in [7, 11) is 3.15. The average Bonchev–Trinajstić information content (AvgIpc) is 3.21. The predicted molar refractivity (Wildman–Crippen MR) is 114 cm³/mol. The highest BCUT2D eigenvalue weighted by atomic mass is 35.5. The monoisotopic (exact) mass is 437 g/mol. The molecule has 1 saturated heterocycles. The molecule has 0 aliphatic carbocycles. The van der Waals surface area contributed by atoms with Gasteiger partial charge in [-0.1, -0.05) is 4.49 Å². The Morgan fingerprint density at radius 2 is 1.72 bits per heavy atom. The third-order valence-electron chi connectivity index (χ3n) is 4.68. The van der Waals surface area contributed by atoms with Crippen LogP contribution in [0.15, 0.2) is 12.1 Å². The summed E-state index contributed by atoms with van der Waals surface area (Å²) in [6.45, 7) is 2.71. The molecule has 0 bridgehead atoms. The second-order valence-corrected chi connectivity index (χ2v) is 6.97. The van der Waals surface area contributed by atoms with Crippen molar-refractivity contribution in [3.8, 4) is 11.5 Å². The van der Waals surface area contributed by atoms with Crippen molar-refractivity contribution in [1.29, 1.82) is 0 Å². The number of fused-ring (bicyclic) bond motifs is 1. The van der Waals surface area contributed by atoms with Crippen LogP contribution in [0.5, 0.6) is 11.5 Å². The smallest absolute Gasteiger partial charge is 0.228 e. The van der Waals surface area contributed by atoms with E-state index in [1.54, 1.807) is 26.4 Å². The van der Waals surface area contributed by atoms with E-state index in [1.165, 1.54) is 0 Å². The third-order valence-corrected chi connectivity index (χ3v) is 5.32. The minimum atomic E-state index is 0. The van der Waals surface area contributed by atoms with Crippen molar-refractivity contribution in [2.24, 2.45) is 0 Å². The molecule has 1 aliphatic rings. The Morgan fingerprint density at radius 1 is 1.07 bits per heavy atom. The summed E-state index contributed by atoms with van der Waals surface area (Å²) in [5.74, 6) is 2.74. The lowest BCUT2D eigenvalue weighted by Crippen LogP contribution is -2.47. The molecule has 29 heavy (non-hydrogen) atoms. The highest BCUT2D eigenvalue weighted by Crippen LogP contribution is 2.34. The summed E-state index contributed by atoms with van der Waals surface area (Å²) in [4.78, 5) is 24.9. The number of hydrogen-bond acceptors (Lipinski definition) is 11. The van der Waals surface area contributed by atoms with Crippen molar-refractivity contribution < 1.29 is 14.3 Å². The SMILES string of the molecule is COc1cc2nc(N3CCN(c4nnsc4C=O)CC3)nc(N)c2cc1OC.Cl. The van der Waals surface area contributed by atoms with Gasteiger partial charge in [0.05, 0.1) is 19.7 Å². The topological polar surface area (TPSA) is 120 Å². The highest BCUT2D eigenvalue weighted by molar-refractivity contribution is 7.07. The number of nitrogens with zero attached hydrogens (tertiary/aromatic N) is 6. The summed E-state index contributed by atoms with van der Waals surface area (Å²) in [6.07, 6.45) is 0.793. The van der Waals surface area contributed by atoms with Crippen LogP contribution in [0.3, 0.4) is 0 Å². The van der Waals surface area contributed by atoms with Gasteiger partial charge in [-0.3, -0.25) is 4.79 Å². The number of carbonyl (C=O) groups is 1. The number of ether oxygens (including phenoxy) is 2. The number of nitrogens with two attached hydrogens (primary N) is 1. The molecular weight excluding hydrogens is 418 g/mol. The zero-order valence-electron chi connectivity index (χ0n) is 15.9. The first-order valence-electron chi connectivity index (χ1n) is 8.61. The van der Waals surface area contributed by atoms with Gasteiger partial charge in [-0.25, -0.2) is 4.98 Å². The van der Waals surface area contributed by atoms with Crippen molar-refractivity contribution in [3.05, 3.63) is 17.0 Å². The lowest BCUT2D eigenvalue weighted by molar-refractivity contribution is 0.112. The van der Waals surface area contributed by atoms with Crippen molar-refractivity contribution in [1.82, 2.24) is 19.6 Å². The fraction of sp³-hybridized carbons (Fsp3) is 0.353. The van der Waals surface area contributed by atoms with Gasteiger partial charge in [0, 0.05) is 37.6 Å². The molecule has 4 rings (SSSR count). The second kappa shape index (κ2) is 8.62. The van der Waals surface area contributed by atoms with Crippen LogP contribution in [0.4, 0.5) is 17.6 Å². The van der Waals surface area contributed by atoms with Crippen LogP contribution in [0.1, 0.15) is 9.67 Å². The van der Waals surface area contributed by atoms with Crippen LogP contribution in [-0.4, -0.2) is 66.2 Å². The fourth-order valence-corrected chi connectivity index (χ4v) is 3.71. The van der Waals surface area contributed by atoms with Crippen LogP contribution >= 0.6 is 23.9 Å². The molecule has 3 aromatic rings. The van der Waals surface area contributed by atoms with E-state index in [1.807, 2.05) is 4.90 Å². The Labute approximate surface area is 177 Å². The number of hydrogen-bond donors (Lipinski definition) is 1. The Balaban J connectivity index is 0.00000240. The van der Waals surface area contributed by atoms with E-state index in [2.05, 4.69) is 24.5 Å². The van der Waals surface area contributed by atoms with Gasteiger partial charge in [-0.05, 0) is 17.6 Å². The van der Waals surface area contributed by atoms with Gasteiger partial charge in [-0.2, -0.15) is 4.98 Å².